The molecule has 0 bridgehead atoms. The van der Waals surface area contributed by atoms with Gasteiger partial charge in [-0.05, 0) is 26.2 Å². The summed E-state index contributed by atoms with van der Waals surface area (Å²) in [5, 5.41) is 20.2. The number of Topliss-reactive ketones (excluding diaryl/α,β-unsaturated/α-hetero) is 1. The van der Waals surface area contributed by atoms with Gasteiger partial charge in [0.2, 0.25) is 5.91 Å². The number of carbonyl (C=O) groups is 4. The molecule has 33 heavy (non-hydrogen) atoms. The van der Waals surface area contributed by atoms with Crippen LogP contribution in [0.2, 0.25) is 0 Å². The lowest BCUT2D eigenvalue weighted by Gasteiger charge is -2.13. The summed E-state index contributed by atoms with van der Waals surface area (Å²) >= 11 is 0. The summed E-state index contributed by atoms with van der Waals surface area (Å²) in [6.07, 6.45) is 19.4. The minimum absolute atomic E-state index is 0.0752. The van der Waals surface area contributed by atoms with Crippen molar-refractivity contribution in [1.29, 1.82) is 0 Å². The van der Waals surface area contributed by atoms with Crippen molar-refractivity contribution in [3.05, 3.63) is 0 Å². The van der Waals surface area contributed by atoms with Gasteiger partial charge >= 0.3 is 11.9 Å². The zero-order valence-electron chi connectivity index (χ0n) is 20.7. The average molecular weight is 470 g/mol. The van der Waals surface area contributed by atoms with E-state index >= 15 is 0 Å². The molecule has 192 valence electrons. The molecule has 0 rings (SSSR count). The van der Waals surface area contributed by atoms with Crippen molar-refractivity contribution in [1.82, 2.24) is 5.32 Å². The molecule has 0 aromatic carbocycles. The van der Waals surface area contributed by atoms with Crippen LogP contribution in [-0.4, -0.2) is 39.9 Å². The van der Waals surface area contributed by atoms with E-state index < -0.39 is 18.0 Å². The lowest BCUT2D eigenvalue weighted by molar-refractivity contribution is -0.142. The summed E-state index contributed by atoms with van der Waals surface area (Å²) in [7, 11) is 0. The number of carboxylic acids is 2. The Hall–Kier alpha value is -1.92. The molecule has 0 fully saturated rings. The molecule has 0 aliphatic carbocycles. The molecule has 0 aliphatic rings. The molecule has 0 saturated heterocycles. The van der Waals surface area contributed by atoms with Gasteiger partial charge in [0.05, 0.1) is 0 Å². The van der Waals surface area contributed by atoms with E-state index in [1.807, 2.05) is 0 Å². The van der Waals surface area contributed by atoms with E-state index in [9.17, 15) is 19.2 Å². The van der Waals surface area contributed by atoms with Crippen LogP contribution in [0.15, 0.2) is 0 Å². The Morgan fingerprint density at radius 1 is 0.576 bits per heavy atom. The van der Waals surface area contributed by atoms with E-state index in [0.29, 0.717) is 12.8 Å². The lowest BCUT2D eigenvalue weighted by atomic mass is 10.0. The Labute approximate surface area is 200 Å². The van der Waals surface area contributed by atoms with E-state index in [0.717, 1.165) is 38.5 Å². The highest BCUT2D eigenvalue weighted by atomic mass is 16.4. The summed E-state index contributed by atoms with van der Waals surface area (Å²) in [5.41, 5.74) is 0. The van der Waals surface area contributed by atoms with Crippen LogP contribution in [0.3, 0.4) is 0 Å². The Balaban J connectivity index is 3.39. The Kier molecular flexibility index (Phi) is 20.6. The third kappa shape index (κ3) is 23.0. The predicted molar refractivity (Wildman–Crippen MR) is 130 cm³/mol. The summed E-state index contributed by atoms with van der Waals surface area (Å²) in [5.74, 6) is -2.10. The minimum Gasteiger partial charge on any atom is -0.481 e. The average Bonchev–Trinajstić information content (AvgIpc) is 2.75. The number of aliphatic carboxylic acids is 2. The van der Waals surface area contributed by atoms with Gasteiger partial charge in [0.25, 0.3) is 0 Å². The molecular formula is C26H47NO6. The summed E-state index contributed by atoms with van der Waals surface area (Å²) < 4.78 is 0. The van der Waals surface area contributed by atoms with Crippen LogP contribution in [0.5, 0.6) is 0 Å². The molecule has 7 heteroatoms. The normalized spacial score (nSPS) is 11.8. The van der Waals surface area contributed by atoms with Crippen molar-refractivity contribution < 1.29 is 29.4 Å². The van der Waals surface area contributed by atoms with Gasteiger partial charge in [-0.2, -0.15) is 0 Å². The maximum atomic E-state index is 11.9. The first kappa shape index (κ1) is 31.1. The second-order valence-electron chi connectivity index (χ2n) is 9.25. The van der Waals surface area contributed by atoms with Crippen LogP contribution < -0.4 is 5.32 Å². The van der Waals surface area contributed by atoms with Gasteiger partial charge in [0.15, 0.2) is 0 Å². The first-order valence-corrected chi connectivity index (χ1v) is 13.1. The van der Waals surface area contributed by atoms with Crippen molar-refractivity contribution in [2.75, 3.05) is 0 Å². The predicted octanol–water partition coefficient (Wildman–Crippen LogP) is 6.03. The molecule has 7 nitrogen and oxygen atoms in total. The first-order chi connectivity index (χ1) is 15.8. The third-order valence-corrected chi connectivity index (χ3v) is 5.96. The monoisotopic (exact) mass is 469 g/mol. The molecule has 1 amide bonds. The molecule has 0 saturated carbocycles. The Morgan fingerprint density at radius 2 is 0.939 bits per heavy atom. The molecule has 0 aromatic rings. The Morgan fingerprint density at radius 3 is 1.27 bits per heavy atom. The van der Waals surface area contributed by atoms with Crippen molar-refractivity contribution in [3.8, 4) is 0 Å². The second-order valence-corrected chi connectivity index (χ2v) is 9.25. The van der Waals surface area contributed by atoms with Crippen LogP contribution in [0.25, 0.3) is 0 Å². The molecular weight excluding hydrogens is 422 g/mol. The van der Waals surface area contributed by atoms with Crippen molar-refractivity contribution in [2.24, 2.45) is 0 Å². The standard InChI is InChI=1S/C26H47NO6/c1-22(28)20-21-23(26(32)33)27-24(29)18-16-14-12-10-8-6-4-2-3-5-7-9-11-13-15-17-19-25(30)31/h23H,2-21H2,1H3,(H,27,29)(H,30,31)(H,32,33). The fourth-order valence-electron chi connectivity index (χ4n) is 3.91. The molecule has 0 radical (unpaired) electrons. The number of carbonyl (C=O) groups excluding carboxylic acids is 2. The van der Waals surface area contributed by atoms with E-state index in [4.69, 9.17) is 10.2 Å². The molecule has 0 aromatic heterocycles. The minimum atomic E-state index is -1.09. The van der Waals surface area contributed by atoms with E-state index in [1.165, 1.54) is 71.1 Å². The fraction of sp³-hybridized carbons (Fsp3) is 0.846. The summed E-state index contributed by atoms with van der Waals surface area (Å²) in [6.45, 7) is 1.42. The van der Waals surface area contributed by atoms with E-state index in [2.05, 4.69) is 5.32 Å². The lowest BCUT2D eigenvalue weighted by Crippen LogP contribution is -2.40. The number of amides is 1. The van der Waals surface area contributed by atoms with Gasteiger partial charge in [-0.3, -0.25) is 9.59 Å². The van der Waals surface area contributed by atoms with Crippen LogP contribution in [0.1, 0.15) is 135 Å². The third-order valence-electron chi connectivity index (χ3n) is 5.96. The molecule has 0 heterocycles. The highest BCUT2D eigenvalue weighted by molar-refractivity contribution is 5.84. The topological polar surface area (TPSA) is 121 Å². The van der Waals surface area contributed by atoms with Crippen molar-refractivity contribution in [2.45, 2.75) is 141 Å². The molecule has 1 unspecified atom stereocenters. The molecule has 3 N–H and O–H groups in total. The molecule has 0 aliphatic heterocycles. The number of hydrogen-bond acceptors (Lipinski definition) is 4. The number of rotatable bonds is 24. The van der Waals surface area contributed by atoms with Gasteiger partial charge in [0, 0.05) is 19.3 Å². The summed E-state index contributed by atoms with van der Waals surface area (Å²) in [6, 6.07) is -0.975. The highest BCUT2D eigenvalue weighted by Gasteiger charge is 2.19. The maximum Gasteiger partial charge on any atom is 0.326 e. The quantitative estimate of drug-likeness (QED) is 0.148. The van der Waals surface area contributed by atoms with Crippen LogP contribution in [-0.2, 0) is 19.2 Å². The fourth-order valence-corrected chi connectivity index (χ4v) is 3.91. The number of ketones is 1. The largest absolute Gasteiger partial charge is 0.481 e. The van der Waals surface area contributed by atoms with Gasteiger partial charge in [0.1, 0.15) is 11.8 Å². The van der Waals surface area contributed by atoms with Crippen LogP contribution in [0.4, 0.5) is 0 Å². The van der Waals surface area contributed by atoms with Crippen molar-refractivity contribution >= 4 is 23.6 Å². The van der Waals surface area contributed by atoms with Gasteiger partial charge < -0.3 is 20.3 Å². The number of carboxylic acid groups (broad SMARTS) is 2. The van der Waals surface area contributed by atoms with Gasteiger partial charge in [-0.1, -0.05) is 89.9 Å². The number of unbranched alkanes of at least 4 members (excludes halogenated alkanes) is 15. The zero-order valence-corrected chi connectivity index (χ0v) is 20.7. The SMILES string of the molecule is CC(=O)CCC(NC(=O)CCCCCCCCCCCCCCCCCCC(=O)O)C(=O)O. The molecule has 1 atom stereocenters. The van der Waals surface area contributed by atoms with Gasteiger partial charge in [-0.25, -0.2) is 4.79 Å². The smallest absolute Gasteiger partial charge is 0.326 e. The first-order valence-electron chi connectivity index (χ1n) is 13.1. The number of nitrogens with one attached hydrogen (secondary N) is 1. The maximum absolute atomic E-state index is 11.9. The highest BCUT2D eigenvalue weighted by Crippen LogP contribution is 2.14. The van der Waals surface area contributed by atoms with Crippen molar-refractivity contribution in [3.63, 3.8) is 0 Å². The van der Waals surface area contributed by atoms with Gasteiger partial charge in [-0.15, -0.1) is 0 Å². The Bertz CT molecular complexity index is 549. The molecule has 0 spiro atoms. The second kappa shape index (κ2) is 21.9. The van der Waals surface area contributed by atoms with E-state index in [1.54, 1.807) is 0 Å². The zero-order chi connectivity index (χ0) is 24.7. The van der Waals surface area contributed by atoms with E-state index in [-0.39, 0.29) is 24.5 Å². The van der Waals surface area contributed by atoms with Crippen LogP contribution in [0, 0.1) is 0 Å². The number of hydrogen-bond donors (Lipinski definition) is 3. The summed E-state index contributed by atoms with van der Waals surface area (Å²) in [4.78, 5) is 44.5. The van der Waals surface area contributed by atoms with Crippen LogP contribution >= 0.6 is 0 Å².